The van der Waals surface area contributed by atoms with E-state index in [1.807, 2.05) is 24.3 Å². The molecule has 2 aromatic rings. The number of benzene rings is 1. The molecule has 96 valence electrons. The Morgan fingerprint density at radius 1 is 1.21 bits per heavy atom. The van der Waals surface area contributed by atoms with Crippen molar-refractivity contribution < 1.29 is 14.3 Å². The van der Waals surface area contributed by atoms with Crippen molar-refractivity contribution in [3.05, 3.63) is 47.2 Å². The number of methoxy groups -OCH3 is 1. The minimum Gasteiger partial charge on any atom is -0.364 e. The van der Waals surface area contributed by atoms with Gasteiger partial charge in [0.2, 0.25) is 5.78 Å². The summed E-state index contributed by atoms with van der Waals surface area (Å²) in [6.07, 6.45) is 1.41. The zero-order valence-corrected chi connectivity index (χ0v) is 10.8. The van der Waals surface area contributed by atoms with Crippen molar-refractivity contribution in [3.63, 3.8) is 0 Å². The van der Waals surface area contributed by atoms with E-state index in [0.717, 1.165) is 10.9 Å². The maximum Gasteiger partial charge on any atom is 0.206 e. The molecule has 0 radical (unpaired) electrons. The van der Waals surface area contributed by atoms with Crippen LogP contribution in [0.5, 0.6) is 0 Å². The molecule has 1 aliphatic rings. The number of aromatic nitrogens is 1. The fourth-order valence-corrected chi connectivity index (χ4v) is 2.57. The third-order valence-corrected chi connectivity index (χ3v) is 3.40. The summed E-state index contributed by atoms with van der Waals surface area (Å²) in [6.45, 7) is 1.92. The zero-order chi connectivity index (χ0) is 13.6. The summed E-state index contributed by atoms with van der Waals surface area (Å²) in [7, 11) is 1.57. The van der Waals surface area contributed by atoms with Crippen molar-refractivity contribution in [2.75, 3.05) is 7.11 Å². The summed E-state index contributed by atoms with van der Waals surface area (Å²) >= 11 is 0. The van der Waals surface area contributed by atoms with Gasteiger partial charge in [-0.2, -0.15) is 0 Å². The Hall–Kier alpha value is -2.20. The van der Waals surface area contributed by atoms with Gasteiger partial charge in [-0.15, -0.1) is 0 Å². The van der Waals surface area contributed by atoms with E-state index in [1.165, 1.54) is 6.08 Å². The predicted octanol–water partition coefficient (Wildman–Crippen LogP) is 2.57. The third kappa shape index (κ3) is 1.57. The van der Waals surface area contributed by atoms with Gasteiger partial charge in [-0.1, -0.05) is 18.2 Å². The number of fused-ring (bicyclic) bond motifs is 3. The van der Waals surface area contributed by atoms with Gasteiger partial charge in [-0.25, -0.2) is 0 Å². The highest BCUT2D eigenvalue weighted by Gasteiger charge is 2.30. The summed E-state index contributed by atoms with van der Waals surface area (Å²) in [6, 6.07) is 7.50. The summed E-state index contributed by atoms with van der Waals surface area (Å²) in [5.41, 5.74) is 2.24. The molecule has 0 amide bonds. The van der Waals surface area contributed by atoms with Crippen LogP contribution in [0.2, 0.25) is 0 Å². The molecular formula is C15H13NO3. The average molecular weight is 255 g/mol. The zero-order valence-electron chi connectivity index (χ0n) is 10.8. The molecule has 4 heteroatoms. The lowest BCUT2D eigenvalue weighted by atomic mass is 9.94. The standard InChI is InChI=1S/C15H13NO3/c1-9-7-12(17)13-10-5-3-4-6-11(10)16(8-19-2)14(13)15(9)18/h3-7H,8H2,1-2H3. The highest BCUT2D eigenvalue weighted by Crippen LogP contribution is 2.31. The van der Waals surface area contributed by atoms with E-state index in [2.05, 4.69) is 0 Å². The molecule has 3 rings (SSSR count). The number of rotatable bonds is 2. The maximum atomic E-state index is 12.3. The maximum absolute atomic E-state index is 12.3. The Labute approximate surface area is 110 Å². The molecular weight excluding hydrogens is 242 g/mol. The Bertz CT molecular complexity index is 737. The summed E-state index contributed by atoms with van der Waals surface area (Å²) < 4.78 is 6.92. The highest BCUT2D eigenvalue weighted by molar-refractivity contribution is 6.28. The number of Topliss-reactive ketones (excluding diaryl/α,β-unsaturated/α-hetero) is 1. The van der Waals surface area contributed by atoms with Gasteiger partial charge >= 0.3 is 0 Å². The minimum atomic E-state index is -0.113. The highest BCUT2D eigenvalue weighted by atomic mass is 16.5. The fourth-order valence-electron chi connectivity index (χ4n) is 2.57. The molecule has 0 bridgehead atoms. The average Bonchev–Trinajstić information content (AvgIpc) is 2.72. The largest absolute Gasteiger partial charge is 0.364 e. The van der Waals surface area contributed by atoms with Gasteiger partial charge < -0.3 is 9.30 Å². The lowest BCUT2D eigenvalue weighted by molar-refractivity contribution is 0.0954. The van der Waals surface area contributed by atoms with E-state index in [-0.39, 0.29) is 18.3 Å². The van der Waals surface area contributed by atoms with Gasteiger partial charge in [0.1, 0.15) is 12.4 Å². The first-order valence-corrected chi connectivity index (χ1v) is 6.02. The fraction of sp³-hybridized carbons (Fsp3) is 0.200. The first-order valence-electron chi connectivity index (χ1n) is 6.02. The number of para-hydroxylation sites is 1. The molecule has 4 nitrogen and oxygen atoms in total. The Morgan fingerprint density at radius 3 is 2.68 bits per heavy atom. The van der Waals surface area contributed by atoms with Crippen LogP contribution in [-0.2, 0) is 11.5 Å². The first-order chi connectivity index (χ1) is 9.15. The molecule has 0 spiro atoms. The van der Waals surface area contributed by atoms with Crippen molar-refractivity contribution >= 4 is 22.5 Å². The summed E-state index contributed by atoms with van der Waals surface area (Å²) in [5, 5.41) is 0.802. The van der Waals surface area contributed by atoms with Crippen molar-refractivity contribution in [2.45, 2.75) is 13.7 Å². The van der Waals surface area contributed by atoms with E-state index in [4.69, 9.17) is 4.74 Å². The molecule has 0 saturated carbocycles. The van der Waals surface area contributed by atoms with Gasteiger partial charge in [0.05, 0.1) is 11.1 Å². The van der Waals surface area contributed by atoms with Crippen LogP contribution in [0.25, 0.3) is 10.9 Å². The second-order valence-corrected chi connectivity index (χ2v) is 4.61. The van der Waals surface area contributed by atoms with Gasteiger partial charge in [-0.3, -0.25) is 9.59 Å². The van der Waals surface area contributed by atoms with Gasteiger partial charge in [-0.05, 0) is 19.1 Å². The van der Waals surface area contributed by atoms with Crippen LogP contribution in [-0.4, -0.2) is 23.2 Å². The molecule has 19 heavy (non-hydrogen) atoms. The van der Waals surface area contributed by atoms with Crippen LogP contribution in [0.15, 0.2) is 35.9 Å². The summed E-state index contributed by atoms with van der Waals surface area (Å²) in [4.78, 5) is 24.5. The molecule has 1 heterocycles. The van der Waals surface area contributed by atoms with E-state index < -0.39 is 0 Å². The Kier molecular flexibility index (Phi) is 2.61. The Balaban J connectivity index is 2.43. The van der Waals surface area contributed by atoms with Crippen molar-refractivity contribution in [2.24, 2.45) is 0 Å². The van der Waals surface area contributed by atoms with Gasteiger partial charge in [0, 0.05) is 18.1 Å². The number of carbonyl (C=O) groups excluding carboxylic acids is 2. The van der Waals surface area contributed by atoms with E-state index >= 15 is 0 Å². The van der Waals surface area contributed by atoms with E-state index in [0.29, 0.717) is 16.8 Å². The van der Waals surface area contributed by atoms with Crippen LogP contribution in [0.1, 0.15) is 27.8 Å². The molecule has 0 fully saturated rings. The predicted molar refractivity (Wildman–Crippen MR) is 71.4 cm³/mol. The lowest BCUT2D eigenvalue weighted by Gasteiger charge is -2.13. The lowest BCUT2D eigenvalue weighted by Crippen LogP contribution is -2.19. The van der Waals surface area contributed by atoms with E-state index in [9.17, 15) is 9.59 Å². The number of nitrogens with zero attached hydrogens (tertiary/aromatic N) is 1. The first kappa shape index (κ1) is 11.9. The second-order valence-electron chi connectivity index (χ2n) is 4.61. The van der Waals surface area contributed by atoms with Gasteiger partial charge in [0.25, 0.3) is 0 Å². The molecule has 1 aromatic heterocycles. The van der Waals surface area contributed by atoms with Crippen molar-refractivity contribution in [1.82, 2.24) is 4.57 Å². The van der Waals surface area contributed by atoms with Crippen LogP contribution >= 0.6 is 0 Å². The van der Waals surface area contributed by atoms with Crippen LogP contribution in [0, 0.1) is 0 Å². The van der Waals surface area contributed by atoms with Crippen LogP contribution in [0.4, 0.5) is 0 Å². The molecule has 0 aliphatic heterocycles. The van der Waals surface area contributed by atoms with Crippen LogP contribution in [0.3, 0.4) is 0 Å². The summed E-state index contributed by atoms with van der Waals surface area (Å²) in [5.74, 6) is -0.221. The number of ether oxygens (including phenoxy) is 1. The molecule has 0 atom stereocenters. The van der Waals surface area contributed by atoms with Crippen LogP contribution < -0.4 is 0 Å². The number of allylic oxidation sites excluding steroid dienone is 2. The van der Waals surface area contributed by atoms with E-state index in [1.54, 1.807) is 18.6 Å². The number of hydrogen-bond donors (Lipinski definition) is 0. The molecule has 0 saturated heterocycles. The normalized spacial score (nSPS) is 14.7. The molecule has 0 unspecified atom stereocenters. The number of ketones is 2. The topological polar surface area (TPSA) is 48.3 Å². The van der Waals surface area contributed by atoms with Gasteiger partial charge in [0.15, 0.2) is 5.78 Å². The second kappa shape index (κ2) is 4.17. The monoisotopic (exact) mass is 255 g/mol. The SMILES string of the molecule is COCn1c2c(c3ccccc31)C(=O)C=C(C)C2=O. The molecule has 1 aromatic carbocycles. The molecule has 0 N–H and O–H groups in total. The quantitative estimate of drug-likeness (QED) is 0.828. The smallest absolute Gasteiger partial charge is 0.206 e. The number of hydrogen-bond acceptors (Lipinski definition) is 3. The van der Waals surface area contributed by atoms with Crippen molar-refractivity contribution in [3.8, 4) is 0 Å². The Morgan fingerprint density at radius 2 is 1.95 bits per heavy atom. The number of carbonyl (C=O) groups is 2. The molecule has 1 aliphatic carbocycles. The third-order valence-electron chi connectivity index (χ3n) is 3.40. The van der Waals surface area contributed by atoms with Crippen molar-refractivity contribution in [1.29, 1.82) is 0 Å². The minimum absolute atomic E-state index is 0.108.